The summed E-state index contributed by atoms with van der Waals surface area (Å²) in [6.07, 6.45) is 7.79. The maximum absolute atomic E-state index is 12.5. The molecule has 25 heavy (non-hydrogen) atoms. The Balaban J connectivity index is 1.17. The first-order valence-electron chi connectivity index (χ1n) is 10.0. The van der Waals surface area contributed by atoms with Crippen molar-refractivity contribution >= 4 is 5.91 Å². The lowest BCUT2D eigenvalue weighted by molar-refractivity contribution is -0.161. The van der Waals surface area contributed by atoms with Gasteiger partial charge in [-0.3, -0.25) is 4.79 Å². The standard InChI is InChI=1S/C22H29NO2/c1-21(25)10-19(11-21)20(24)23-13-22(14-23)9-8-18(12-22)17-6-4-16(5-7-17)15-2-3-15/h4-7,15,18-19,25H,2-3,8-14H2,1H3/t18?,19-,21+. The highest BCUT2D eigenvalue weighted by molar-refractivity contribution is 5.81. The van der Waals surface area contributed by atoms with E-state index >= 15 is 0 Å². The lowest BCUT2D eigenvalue weighted by Crippen LogP contribution is -2.61. The number of carbonyl (C=O) groups excluding carboxylic acids is 1. The summed E-state index contributed by atoms with van der Waals surface area (Å²) in [6.45, 7) is 3.73. The predicted molar refractivity (Wildman–Crippen MR) is 97.4 cm³/mol. The van der Waals surface area contributed by atoms with Crippen LogP contribution in [0.15, 0.2) is 24.3 Å². The van der Waals surface area contributed by atoms with Gasteiger partial charge >= 0.3 is 0 Å². The lowest BCUT2D eigenvalue weighted by atomic mass is 9.69. The molecule has 134 valence electrons. The maximum Gasteiger partial charge on any atom is 0.225 e. The molecule has 1 unspecified atom stereocenters. The van der Waals surface area contributed by atoms with Crippen molar-refractivity contribution in [2.75, 3.05) is 13.1 Å². The summed E-state index contributed by atoms with van der Waals surface area (Å²) in [7, 11) is 0. The molecule has 3 saturated carbocycles. The zero-order valence-corrected chi connectivity index (χ0v) is 15.2. The van der Waals surface area contributed by atoms with Gasteiger partial charge in [0, 0.05) is 24.4 Å². The van der Waals surface area contributed by atoms with Gasteiger partial charge in [-0.2, -0.15) is 0 Å². The molecule has 0 bridgehead atoms. The van der Waals surface area contributed by atoms with E-state index in [1.807, 2.05) is 6.92 Å². The zero-order chi connectivity index (χ0) is 17.2. The number of amides is 1. The molecule has 3 heteroatoms. The smallest absolute Gasteiger partial charge is 0.225 e. The summed E-state index contributed by atoms with van der Waals surface area (Å²) >= 11 is 0. The molecule has 5 rings (SSSR count). The Hall–Kier alpha value is -1.35. The number of carbonyl (C=O) groups is 1. The van der Waals surface area contributed by atoms with Crippen LogP contribution in [0.3, 0.4) is 0 Å². The third kappa shape index (κ3) is 2.81. The summed E-state index contributed by atoms with van der Waals surface area (Å²) < 4.78 is 0. The molecule has 4 aliphatic rings. The Bertz CT molecular complexity index is 674. The molecule has 1 spiro atoms. The van der Waals surface area contributed by atoms with Crippen LogP contribution >= 0.6 is 0 Å². The first-order chi connectivity index (χ1) is 11.9. The van der Waals surface area contributed by atoms with E-state index in [9.17, 15) is 9.90 Å². The number of aliphatic hydroxyl groups is 1. The Kier molecular flexibility index (Phi) is 3.38. The van der Waals surface area contributed by atoms with Gasteiger partial charge in [-0.1, -0.05) is 24.3 Å². The second kappa shape index (κ2) is 5.33. The van der Waals surface area contributed by atoms with Crippen LogP contribution in [0.5, 0.6) is 0 Å². The lowest BCUT2D eigenvalue weighted by Gasteiger charge is -2.52. The number of nitrogens with zero attached hydrogens (tertiary/aromatic N) is 1. The van der Waals surface area contributed by atoms with Crippen molar-refractivity contribution in [3.63, 3.8) is 0 Å². The third-order valence-corrected chi connectivity index (χ3v) is 7.24. The van der Waals surface area contributed by atoms with E-state index < -0.39 is 5.60 Å². The summed E-state index contributed by atoms with van der Waals surface area (Å²) in [6, 6.07) is 9.40. The highest BCUT2D eigenvalue weighted by Crippen LogP contribution is 2.53. The molecule has 1 amide bonds. The minimum atomic E-state index is -0.603. The third-order valence-electron chi connectivity index (χ3n) is 7.24. The Morgan fingerprint density at radius 1 is 1.00 bits per heavy atom. The van der Waals surface area contributed by atoms with Gasteiger partial charge in [-0.05, 0) is 74.8 Å². The van der Waals surface area contributed by atoms with E-state index in [1.54, 1.807) is 0 Å². The monoisotopic (exact) mass is 339 g/mol. The van der Waals surface area contributed by atoms with E-state index in [-0.39, 0.29) is 11.8 Å². The van der Waals surface area contributed by atoms with Gasteiger partial charge in [0.05, 0.1) is 5.60 Å². The van der Waals surface area contributed by atoms with Crippen molar-refractivity contribution in [3.8, 4) is 0 Å². The van der Waals surface area contributed by atoms with Gasteiger partial charge < -0.3 is 10.0 Å². The summed E-state index contributed by atoms with van der Waals surface area (Å²) in [5, 5.41) is 9.86. The van der Waals surface area contributed by atoms with Gasteiger partial charge in [0.15, 0.2) is 0 Å². The molecule has 1 aromatic carbocycles. The fraction of sp³-hybridized carbons (Fsp3) is 0.682. The normalized spacial score (nSPS) is 36.2. The van der Waals surface area contributed by atoms with Gasteiger partial charge in [0.25, 0.3) is 0 Å². The average molecular weight is 339 g/mol. The van der Waals surface area contributed by atoms with Crippen LogP contribution in [0.4, 0.5) is 0 Å². The minimum Gasteiger partial charge on any atom is -0.390 e. The molecule has 1 aromatic rings. The Morgan fingerprint density at radius 3 is 2.16 bits per heavy atom. The fourth-order valence-electron chi connectivity index (χ4n) is 5.59. The number of benzene rings is 1. The maximum atomic E-state index is 12.5. The van der Waals surface area contributed by atoms with Crippen LogP contribution in [0.1, 0.15) is 74.8 Å². The van der Waals surface area contributed by atoms with E-state index in [4.69, 9.17) is 0 Å². The van der Waals surface area contributed by atoms with Gasteiger partial charge in [-0.25, -0.2) is 0 Å². The van der Waals surface area contributed by atoms with Gasteiger partial charge in [0.2, 0.25) is 5.91 Å². The molecule has 1 aliphatic heterocycles. The van der Waals surface area contributed by atoms with Crippen LogP contribution in [0, 0.1) is 11.3 Å². The minimum absolute atomic E-state index is 0.0690. The molecule has 1 heterocycles. The molecule has 0 radical (unpaired) electrons. The van der Waals surface area contributed by atoms with E-state index in [2.05, 4.69) is 29.2 Å². The quantitative estimate of drug-likeness (QED) is 0.909. The molecule has 1 N–H and O–H groups in total. The average Bonchev–Trinajstić information content (AvgIpc) is 3.29. The molecule has 1 saturated heterocycles. The van der Waals surface area contributed by atoms with E-state index in [0.717, 1.165) is 19.0 Å². The van der Waals surface area contributed by atoms with Crippen molar-refractivity contribution in [2.45, 2.75) is 69.3 Å². The fourth-order valence-corrected chi connectivity index (χ4v) is 5.59. The van der Waals surface area contributed by atoms with Crippen LogP contribution in [-0.2, 0) is 4.79 Å². The molecule has 0 aromatic heterocycles. The van der Waals surface area contributed by atoms with E-state index in [1.165, 1.54) is 43.2 Å². The van der Waals surface area contributed by atoms with Gasteiger partial charge in [0.1, 0.15) is 0 Å². The van der Waals surface area contributed by atoms with Crippen molar-refractivity contribution in [1.82, 2.24) is 4.90 Å². The predicted octanol–water partition coefficient (Wildman–Crippen LogP) is 3.82. The molecule has 3 aliphatic carbocycles. The number of rotatable bonds is 3. The Morgan fingerprint density at radius 2 is 1.60 bits per heavy atom. The molecular formula is C22H29NO2. The van der Waals surface area contributed by atoms with Crippen molar-refractivity contribution in [3.05, 3.63) is 35.4 Å². The highest BCUT2D eigenvalue weighted by Gasteiger charge is 2.53. The molecular weight excluding hydrogens is 310 g/mol. The number of likely N-dealkylation sites (tertiary alicyclic amines) is 1. The van der Waals surface area contributed by atoms with Crippen LogP contribution in [-0.4, -0.2) is 34.6 Å². The molecule has 1 atom stereocenters. The van der Waals surface area contributed by atoms with Gasteiger partial charge in [-0.15, -0.1) is 0 Å². The van der Waals surface area contributed by atoms with Crippen molar-refractivity contribution in [1.29, 1.82) is 0 Å². The summed E-state index contributed by atoms with van der Waals surface area (Å²) in [4.78, 5) is 14.6. The summed E-state index contributed by atoms with van der Waals surface area (Å²) in [5.41, 5.74) is 2.80. The largest absolute Gasteiger partial charge is 0.390 e. The van der Waals surface area contributed by atoms with Crippen molar-refractivity contribution < 1.29 is 9.90 Å². The Labute approximate surface area is 150 Å². The first kappa shape index (κ1) is 15.9. The SMILES string of the molecule is C[C@]1(O)C[C@@H](C(=O)N2CC3(CCC(c4ccc(C5CC5)cc4)C3)C2)C1. The zero-order valence-electron chi connectivity index (χ0n) is 15.2. The van der Waals surface area contributed by atoms with Crippen molar-refractivity contribution in [2.24, 2.45) is 11.3 Å². The van der Waals surface area contributed by atoms with Crippen LogP contribution in [0.2, 0.25) is 0 Å². The molecule has 3 nitrogen and oxygen atoms in total. The van der Waals surface area contributed by atoms with E-state index in [0.29, 0.717) is 24.2 Å². The second-order valence-corrected chi connectivity index (χ2v) is 9.68. The van der Waals surface area contributed by atoms with Crippen LogP contribution < -0.4 is 0 Å². The first-order valence-corrected chi connectivity index (χ1v) is 10.0. The second-order valence-electron chi connectivity index (χ2n) is 9.68. The molecule has 4 fully saturated rings. The topological polar surface area (TPSA) is 40.5 Å². The summed E-state index contributed by atoms with van der Waals surface area (Å²) in [5.74, 6) is 1.87. The highest BCUT2D eigenvalue weighted by atomic mass is 16.3. The van der Waals surface area contributed by atoms with Crippen LogP contribution in [0.25, 0.3) is 0 Å². The number of hydrogen-bond donors (Lipinski definition) is 1. The number of hydrogen-bond acceptors (Lipinski definition) is 2.